The van der Waals surface area contributed by atoms with Crippen molar-refractivity contribution in [3.05, 3.63) is 42.0 Å². The van der Waals surface area contributed by atoms with Crippen molar-refractivity contribution in [1.29, 1.82) is 0 Å². The van der Waals surface area contributed by atoms with Crippen LogP contribution in [0.3, 0.4) is 0 Å². The number of aromatic nitrogens is 2. The van der Waals surface area contributed by atoms with Crippen LogP contribution in [0.25, 0.3) is 10.9 Å². The lowest BCUT2D eigenvalue weighted by atomic mass is 10.2. The molecular formula is C33H48N6O4. The number of hydrogen-bond acceptors (Lipinski definition) is 10. The molecule has 0 bridgehead atoms. The first-order valence-corrected chi connectivity index (χ1v) is 15.1. The zero-order valence-electron chi connectivity index (χ0n) is 26.6. The summed E-state index contributed by atoms with van der Waals surface area (Å²) in [4.78, 5) is 14.4. The third-order valence-corrected chi connectivity index (χ3v) is 6.79. The standard InChI is InChI=1S/C28H38N6O4.C3H4.C2H6/c1-20-5-4-6-22(17-20)29-21(2)30-27-23-18-26(38-16-9-33-7-12-36-13-8-33)25(35-3)19-24(23)31-28(32-27)34-10-14-37-15-11-34;1-3-2;1-2/h4-6,17-19,21,29H,7-16H2,1-3H3,(H,30,31,32);1H,2H3;1-2H3. The molecule has 43 heavy (non-hydrogen) atoms. The highest BCUT2D eigenvalue weighted by Crippen LogP contribution is 2.35. The van der Waals surface area contributed by atoms with Crippen LogP contribution in [0.2, 0.25) is 0 Å². The Morgan fingerprint density at radius 2 is 1.65 bits per heavy atom. The number of methoxy groups -OCH3 is 1. The summed E-state index contributed by atoms with van der Waals surface area (Å²) in [6, 6.07) is 12.2. The first-order valence-electron chi connectivity index (χ1n) is 15.1. The fourth-order valence-electron chi connectivity index (χ4n) is 4.75. The molecule has 3 heterocycles. The fraction of sp³-hybridized carbons (Fsp3) is 0.515. The van der Waals surface area contributed by atoms with Crippen molar-refractivity contribution in [3.8, 4) is 23.8 Å². The van der Waals surface area contributed by atoms with Gasteiger partial charge in [0.1, 0.15) is 12.4 Å². The molecule has 10 nitrogen and oxygen atoms in total. The maximum Gasteiger partial charge on any atom is 0.228 e. The van der Waals surface area contributed by atoms with E-state index in [1.165, 1.54) is 5.56 Å². The molecule has 1 atom stereocenters. The van der Waals surface area contributed by atoms with Crippen molar-refractivity contribution in [2.45, 2.75) is 40.8 Å². The van der Waals surface area contributed by atoms with Crippen LogP contribution in [0, 0.1) is 19.3 Å². The minimum atomic E-state index is -0.0831. The molecule has 0 spiro atoms. The summed E-state index contributed by atoms with van der Waals surface area (Å²) in [6.07, 6.45) is 4.51. The second kappa shape index (κ2) is 18.0. The summed E-state index contributed by atoms with van der Waals surface area (Å²) in [7, 11) is 1.66. The van der Waals surface area contributed by atoms with Gasteiger partial charge in [-0.1, -0.05) is 26.0 Å². The number of nitrogens with zero attached hydrogens (tertiary/aromatic N) is 4. The molecule has 0 radical (unpaired) electrons. The van der Waals surface area contributed by atoms with Gasteiger partial charge in [-0.05, 0) is 44.5 Å². The van der Waals surface area contributed by atoms with Crippen molar-refractivity contribution in [1.82, 2.24) is 14.9 Å². The monoisotopic (exact) mass is 592 g/mol. The Morgan fingerprint density at radius 1 is 0.977 bits per heavy atom. The highest BCUT2D eigenvalue weighted by molar-refractivity contribution is 5.93. The number of terminal acetylenes is 1. The smallest absolute Gasteiger partial charge is 0.228 e. The Labute approximate surface area is 257 Å². The quantitative estimate of drug-likeness (QED) is 0.247. The Morgan fingerprint density at radius 3 is 2.30 bits per heavy atom. The summed E-state index contributed by atoms with van der Waals surface area (Å²) in [5.74, 6) is 5.00. The number of aryl methyl sites for hydroxylation is 1. The van der Waals surface area contributed by atoms with Crippen molar-refractivity contribution in [2.75, 3.05) is 88.4 Å². The van der Waals surface area contributed by atoms with Gasteiger partial charge < -0.3 is 34.5 Å². The van der Waals surface area contributed by atoms with Crippen LogP contribution in [0.1, 0.15) is 33.3 Å². The Balaban J connectivity index is 0.000000953. The number of fused-ring (bicyclic) bond motifs is 1. The molecule has 2 N–H and O–H groups in total. The predicted molar refractivity (Wildman–Crippen MR) is 176 cm³/mol. The second-order valence-electron chi connectivity index (χ2n) is 9.96. The summed E-state index contributed by atoms with van der Waals surface area (Å²) < 4.78 is 22.9. The number of anilines is 3. The highest BCUT2D eigenvalue weighted by atomic mass is 16.5. The number of morpholine rings is 2. The van der Waals surface area contributed by atoms with Gasteiger partial charge >= 0.3 is 0 Å². The molecule has 0 aliphatic carbocycles. The van der Waals surface area contributed by atoms with Gasteiger partial charge in [-0.2, -0.15) is 4.98 Å². The van der Waals surface area contributed by atoms with Crippen molar-refractivity contribution < 1.29 is 18.9 Å². The van der Waals surface area contributed by atoms with E-state index in [4.69, 9.17) is 28.9 Å². The average molecular weight is 593 g/mol. The predicted octanol–water partition coefficient (Wildman–Crippen LogP) is 5.03. The number of benzene rings is 2. The number of ether oxygens (including phenoxy) is 4. The zero-order valence-corrected chi connectivity index (χ0v) is 26.6. The van der Waals surface area contributed by atoms with Crippen molar-refractivity contribution in [2.24, 2.45) is 0 Å². The van der Waals surface area contributed by atoms with Gasteiger partial charge in [0.25, 0.3) is 0 Å². The van der Waals surface area contributed by atoms with E-state index in [1.807, 2.05) is 32.0 Å². The number of rotatable bonds is 10. The highest BCUT2D eigenvalue weighted by Gasteiger charge is 2.20. The lowest BCUT2D eigenvalue weighted by molar-refractivity contribution is 0.0321. The largest absolute Gasteiger partial charge is 0.493 e. The number of hydrogen-bond donors (Lipinski definition) is 2. The molecule has 2 fully saturated rings. The van der Waals surface area contributed by atoms with Gasteiger partial charge in [0, 0.05) is 49.9 Å². The molecule has 1 aromatic heterocycles. The maximum atomic E-state index is 6.22. The third kappa shape index (κ3) is 10.2. The molecule has 0 amide bonds. The van der Waals surface area contributed by atoms with E-state index in [-0.39, 0.29) is 6.17 Å². The maximum absolute atomic E-state index is 6.22. The minimum absolute atomic E-state index is 0.0831. The normalized spacial score (nSPS) is 15.6. The van der Waals surface area contributed by atoms with Crippen LogP contribution in [0.4, 0.5) is 17.5 Å². The Hall–Kier alpha value is -3.78. The SMILES string of the molecule is C#CC.CC.COc1cc2nc(N3CCOCC3)nc(NC(C)Nc3cccc(C)c3)c2cc1OCCN1CCOCC1. The van der Waals surface area contributed by atoms with E-state index in [9.17, 15) is 0 Å². The molecule has 2 aromatic carbocycles. The second-order valence-corrected chi connectivity index (χ2v) is 9.96. The van der Waals surface area contributed by atoms with Crippen LogP contribution < -0.4 is 25.0 Å². The summed E-state index contributed by atoms with van der Waals surface area (Å²) in [5, 5.41) is 7.97. The van der Waals surface area contributed by atoms with Gasteiger partial charge in [0.15, 0.2) is 11.5 Å². The molecule has 1 unspecified atom stereocenters. The fourth-order valence-corrected chi connectivity index (χ4v) is 4.75. The molecule has 234 valence electrons. The first-order chi connectivity index (χ1) is 21.0. The Bertz CT molecular complexity index is 1300. The van der Waals surface area contributed by atoms with E-state index in [0.29, 0.717) is 37.3 Å². The summed E-state index contributed by atoms with van der Waals surface area (Å²) in [6.45, 7) is 17.4. The summed E-state index contributed by atoms with van der Waals surface area (Å²) >= 11 is 0. The van der Waals surface area contributed by atoms with Gasteiger partial charge in [-0.3, -0.25) is 4.90 Å². The van der Waals surface area contributed by atoms with E-state index < -0.39 is 0 Å². The van der Waals surface area contributed by atoms with E-state index >= 15 is 0 Å². The van der Waals surface area contributed by atoms with Gasteiger partial charge in [0.2, 0.25) is 5.95 Å². The molecule has 3 aromatic rings. The molecule has 10 heteroatoms. The molecule has 5 rings (SSSR count). The van der Waals surface area contributed by atoms with Crippen LogP contribution in [-0.2, 0) is 9.47 Å². The van der Waals surface area contributed by atoms with Crippen LogP contribution in [-0.4, -0.2) is 93.9 Å². The molecule has 2 aliphatic rings. The average Bonchev–Trinajstić information content (AvgIpc) is 3.03. The third-order valence-electron chi connectivity index (χ3n) is 6.79. The number of nitrogens with one attached hydrogen (secondary N) is 2. The van der Waals surface area contributed by atoms with Gasteiger partial charge in [-0.15, -0.1) is 12.3 Å². The van der Waals surface area contributed by atoms with E-state index in [0.717, 1.165) is 68.3 Å². The molecule has 2 saturated heterocycles. The first kappa shape index (κ1) is 33.7. The lowest BCUT2D eigenvalue weighted by Gasteiger charge is -2.28. The van der Waals surface area contributed by atoms with Crippen molar-refractivity contribution in [3.63, 3.8) is 0 Å². The summed E-state index contributed by atoms with van der Waals surface area (Å²) in [5.41, 5.74) is 3.05. The zero-order chi connectivity index (χ0) is 31.0. The molecular weight excluding hydrogens is 544 g/mol. The minimum Gasteiger partial charge on any atom is -0.493 e. The van der Waals surface area contributed by atoms with Crippen LogP contribution in [0.5, 0.6) is 11.5 Å². The van der Waals surface area contributed by atoms with Crippen LogP contribution >= 0.6 is 0 Å². The van der Waals surface area contributed by atoms with E-state index in [2.05, 4.69) is 64.8 Å². The van der Waals surface area contributed by atoms with E-state index in [1.54, 1.807) is 14.0 Å². The van der Waals surface area contributed by atoms with Gasteiger partial charge in [-0.25, -0.2) is 4.98 Å². The lowest BCUT2D eigenvalue weighted by Crippen LogP contribution is -2.38. The van der Waals surface area contributed by atoms with Crippen LogP contribution in [0.15, 0.2) is 36.4 Å². The van der Waals surface area contributed by atoms with Gasteiger partial charge in [0.05, 0.1) is 45.2 Å². The molecule has 2 aliphatic heterocycles. The molecule has 0 saturated carbocycles. The Kier molecular flexibility index (Phi) is 14.1. The topological polar surface area (TPSA) is 93.2 Å². The van der Waals surface area contributed by atoms with Crippen molar-refractivity contribution >= 4 is 28.4 Å².